The summed E-state index contributed by atoms with van der Waals surface area (Å²) in [5.41, 5.74) is 0.535. The molecule has 0 N–H and O–H groups in total. The second kappa shape index (κ2) is 4.77. The SMILES string of the molecule is COC(=O)[C@H](C)Oc1ccc(C)c(F)c1. The molecule has 15 heavy (non-hydrogen) atoms. The number of ether oxygens (including phenoxy) is 2. The van der Waals surface area contributed by atoms with E-state index in [2.05, 4.69) is 4.74 Å². The van der Waals surface area contributed by atoms with Crippen LogP contribution < -0.4 is 4.74 Å². The third-order valence-corrected chi connectivity index (χ3v) is 1.99. The number of carbonyl (C=O) groups is 1. The highest BCUT2D eigenvalue weighted by atomic mass is 19.1. The lowest BCUT2D eigenvalue weighted by Crippen LogP contribution is -2.24. The molecule has 0 unspecified atom stereocenters. The number of benzene rings is 1. The van der Waals surface area contributed by atoms with Gasteiger partial charge in [-0.05, 0) is 25.5 Å². The summed E-state index contributed by atoms with van der Waals surface area (Å²) in [7, 11) is 1.28. The van der Waals surface area contributed by atoms with E-state index in [4.69, 9.17) is 4.74 Å². The summed E-state index contributed by atoms with van der Waals surface area (Å²) in [6.45, 7) is 3.20. The molecule has 0 bridgehead atoms. The maximum Gasteiger partial charge on any atom is 0.346 e. The number of halogens is 1. The molecule has 0 saturated carbocycles. The highest BCUT2D eigenvalue weighted by Gasteiger charge is 2.14. The maximum absolute atomic E-state index is 13.1. The van der Waals surface area contributed by atoms with Crippen LogP contribution in [0.15, 0.2) is 18.2 Å². The van der Waals surface area contributed by atoms with E-state index in [-0.39, 0.29) is 5.82 Å². The van der Waals surface area contributed by atoms with Crippen molar-refractivity contribution in [3.05, 3.63) is 29.6 Å². The molecule has 0 heterocycles. The Morgan fingerprint density at radius 3 is 2.67 bits per heavy atom. The second-order valence-corrected chi connectivity index (χ2v) is 3.19. The Morgan fingerprint density at radius 2 is 2.13 bits per heavy atom. The van der Waals surface area contributed by atoms with Crippen molar-refractivity contribution >= 4 is 5.97 Å². The summed E-state index contributed by atoms with van der Waals surface area (Å²) in [4.78, 5) is 11.0. The van der Waals surface area contributed by atoms with Gasteiger partial charge in [-0.2, -0.15) is 0 Å². The van der Waals surface area contributed by atoms with Gasteiger partial charge in [-0.3, -0.25) is 0 Å². The van der Waals surface area contributed by atoms with Gasteiger partial charge in [-0.15, -0.1) is 0 Å². The Bertz CT molecular complexity index is 363. The molecule has 0 aliphatic carbocycles. The Morgan fingerprint density at radius 1 is 1.47 bits per heavy atom. The quantitative estimate of drug-likeness (QED) is 0.719. The number of hydrogen-bond acceptors (Lipinski definition) is 3. The molecule has 0 aliphatic heterocycles. The van der Waals surface area contributed by atoms with Gasteiger partial charge in [0.05, 0.1) is 7.11 Å². The second-order valence-electron chi connectivity index (χ2n) is 3.19. The van der Waals surface area contributed by atoms with Crippen molar-refractivity contribution in [2.24, 2.45) is 0 Å². The average molecular weight is 212 g/mol. The van der Waals surface area contributed by atoms with Crippen LogP contribution in [0.4, 0.5) is 4.39 Å². The highest BCUT2D eigenvalue weighted by molar-refractivity contribution is 5.74. The first-order valence-corrected chi connectivity index (χ1v) is 4.55. The zero-order valence-corrected chi connectivity index (χ0v) is 8.91. The number of rotatable bonds is 3. The minimum Gasteiger partial charge on any atom is -0.479 e. The molecule has 0 spiro atoms. The molecule has 4 heteroatoms. The first-order valence-electron chi connectivity index (χ1n) is 4.55. The lowest BCUT2D eigenvalue weighted by Gasteiger charge is -2.12. The smallest absolute Gasteiger partial charge is 0.346 e. The van der Waals surface area contributed by atoms with Crippen molar-refractivity contribution in [2.75, 3.05) is 7.11 Å². The molecule has 1 aromatic carbocycles. The van der Waals surface area contributed by atoms with Crippen LogP contribution in [0.2, 0.25) is 0 Å². The fourth-order valence-electron chi connectivity index (χ4n) is 1.07. The minimum absolute atomic E-state index is 0.316. The molecule has 0 fully saturated rings. The number of methoxy groups -OCH3 is 1. The average Bonchev–Trinajstić information content (AvgIpc) is 2.22. The molecule has 0 saturated heterocycles. The van der Waals surface area contributed by atoms with E-state index in [0.29, 0.717) is 11.3 Å². The lowest BCUT2D eigenvalue weighted by molar-refractivity contribution is -0.147. The van der Waals surface area contributed by atoms with Crippen LogP contribution in [-0.4, -0.2) is 19.2 Å². The van der Waals surface area contributed by atoms with E-state index in [1.165, 1.54) is 13.2 Å². The van der Waals surface area contributed by atoms with Crippen molar-refractivity contribution in [3.63, 3.8) is 0 Å². The van der Waals surface area contributed by atoms with E-state index < -0.39 is 12.1 Å². The van der Waals surface area contributed by atoms with Gasteiger partial charge in [0.2, 0.25) is 0 Å². The molecule has 0 aliphatic rings. The van der Waals surface area contributed by atoms with Gasteiger partial charge in [0.15, 0.2) is 6.10 Å². The predicted molar refractivity (Wildman–Crippen MR) is 53.2 cm³/mol. The molecular formula is C11H13FO3. The fraction of sp³-hybridized carbons (Fsp3) is 0.364. The van der Waals surface area contributed by atoms with E-state index in [1.807, 2.05) is 0 Å². The molecule has 82 valence electrons. The molecule has 0 amide bonds. The van der Waals surface area contributed by atoms with Crippen LogP contribution in [0, 0.1) is 12.7 Å². The van der Waals surface area contributed by atoms with E-state index in [0.717, 1.165) is 0 Å². The Kier molecular flexibility index (Phi) is 3.66. The number of aryl methyl sites for hydroxylation is 1. The van der Waals surface area contributed by atoms with Crippen LogP contribution in [-0.2, 0) is 9.53 Å². The van der Waals surface area contributed by atoms with Gasteiger partial charge in [-0.1, -0.05) is 6.07 Å². The van der Waals surface area contributed by atoms with Gasteiger partial charge in [0, 0.05) is 6.07 Å². The van der Waals surface area contributed by atoms with Crippen LogP contribution >= 0.6 is 0 Å². The van der Waals surface area contributed by atoms with Crippen LogP contribution in [0.3, 0.4) is 0 Å². The zero-order chi connectivity index (χ0) is 11.4. The number of carbonyl (C=O) groups excluding carboxylic acids is 1. The Hall–Kier alpha value is -1.58. The van der Waals surface area contributed by atoms with Gasteiger partial charge < -0.3 is 9.47 Å². The summed E-state index contributed by atoms with van der Waals surface area (Å²) in [6, 6.07) is 4.45. The van der Waals surface area contributed by atoms with Crippen molar-refractivity contribution in [3.8, 4) is 5.75 Å². The molecule has 3 nitrogen and oxygen atoms in total. The third-order valence-electron chi connectivity index (χ3n) is 1.99. The molecule has 1 rings (SSSR count). The van der Waals surface area contributed by atoms with Crippen LogP contribution in [0.25, 0.3) is 0 Å². The largest absolute Gasteiger partial charge is 0.479 e. The van der Waals surface area contributed by atoms with Crippen molar-refractivity contribution < 1.29 is 18.7 Å². The summed E-state index contributed by atoms with van der Waals surface area (Å²) in [6.07, 6.45) is -0.739. The summed E-state index contributed by atoms with van der Waals surface area (Å²) in [5.74, 6) is -0.531. The van der Waals surface area contributed by atoms with Crippen LogP contribution in [0.5, 0.6) is 5.75 Å². The molecular weight excluding hydrogens is 199 g/mol. The summed E-state index contributed by atoms with van der Waals surface area (Å²) < 4.78 is 22.8. The van der Waals surface area contributed by atoms with E-state index in [1.54, 1.807) is 26.0 Å². The van der Waals surface area contributed by atoms with E-state index >= 15 is 0 Å². The normalized spacial score (nSPS) is 12.0. The molecule has 0 aromatic heterocycles. The van der Waals surface area contributed by atoms with Gasteiger partial charge >= 0.3 is 5.97 Å². The standard InChI is InChI=1S/C11H13FO3/c1-7-4-5-9(6-10(7)12)15-8(2)11(13)14-3/h4-6,8H,1-3H3/t8-/m0/s1. The maximum atomic E-state index is 13.1. The van der Waals surface area contributed by atoms with Gasteiger partial charge in [0.1, 0.15) is 11.6 Å². The Labute approximate surface area is 87.8 Å². The summed E-state index contributed by atoms with van der Waals surface area (Å²) >= 11 is 0. The molecule has 0 radical (unpaired) electrons. The monoisotopic (exact) mass is 212 g/mol. The van der Waals surface area contributed by atoms with Crippen molar-refractivity contribution in [1.29, 1.82) is 0 Å². The summed E-state index contributed by atoms with van der Waals surface area (Å²) in [5, 5.41) is 0. The van der Waals surface area contributed by atoms with Gasteiger partial charge in [0.25, 0.3) is 0 Å². The number of esters is 1. The topological polar surface area (TPSA) is 35.5 Å². The van der Waals surface area contributed by atoms with Gasteiger partial charge in [-0.25, -0.2) is 9.18 Å². The highest BCUT2D eigenvalue weighted by Crippen LogP contribution is 2.17. The van der Waals surface area contributed by atoms with Crippen LogP contribution in [0.1, 0.15) is 12.5 Å². The minimum atomic E-state index is -0.739. The fourth-order valence-corrected chi connectivity index (χ4v) is 1.07. The zero-order valence-electron chi connectivity index (χ0n) is 8.91. The number of hydrogen-bond donors (Lipinski definition) is 0. The molecule has 1 atom stereocenters. The third kappa shape index (κ3) is 2.94. The molecule has 1 aromatic rings. The lowest BCUT2D eigenvalue weighted by atomic mass is 10.2. The first-order chi connectivity index (χ1) is 7.04. The van der Waals surface area contributed by atoms with Crippen molar-refractivity contribution in [1.82, 2.24) is 0 Å². The van der Waals surface area contributed by atoms with Crippen molar-refractivity contribution in [2.45, 2.75) is 20.0 Å². The predicted octanol–water partition coefficient (Wildman–Crippen LogP) is 2.07. The first kappa shape index (κ1) is 11.5. The van der Waals surface area contributed by atoms with E-state index in [9.17, 15) is 9.18 Å². The Balaban J connectivity index is 2.73.